The number of alkyl halides is 3. The normalized spacial score (nSPS) is 13.2. The molecule has 1 aromatic heterocycles. The van der Waals surface area contributed by atoms with Crippen molar-refractivity contribution in [1.82, 2.24) is 4.98 Å². The molecule has 186 valence electrons. The first-order valence-corrected chi connectivity index (χ1v) is 10.3. The Balaban J connectivity index is 1.42. The minimum Gasteiger partial charge on any atom is -0.477 e. The molecule has 1 fully saturated rings. The molecule has 0 spiro atoms. The second-order valence-corrected chi connectivity index (χ2v) is 7.38. The lowest BCUT2D eigenvalue weighted by Gasteiger charge is -2.20. The van der Waals surface area contributed by atoms with Gasteiger partial charge in [0.1, 0.15) is 18.1 Å². The molecule has 2 heterocycles. The number of hydrogen-bond acceptors (Lipinski definition) is 6. The molecule has 36 heavy (non-hydrogen) atoms. The largest absolute Gasteiger partial charge is 0.477 e. The molecular weight excluding hydrogens is 485 g/mol. The minimum atomic E-state index is -4.78. The average Bonchev–Trinajstić information content (AvgIpc) is 3.25. The monoisotopic (exact) mass is 502 g/mol. The highest BCUT2D eigenvalue weighted by molar-refractivity contribution is 6.00. The van der Waals surface area contributed by atoms with E-state index in [0.717, 1.165) is 17.0 Å². The zero-order valence-corrected chi connectivity index (χ0v) is 18.2. The molecule has 3 amide bonds. The molecule has 0 aliphatic carbocycles. The van der Waals surface area contributed by atoms with Gasteiger partial charge in [-0.1, -0.05) is 0 Å². The number of carboxylic acids is 1. The van der Waals surface area contributed by atoms with Crippen LogP contribution in [0.3, 0.4) is 0 Å². The van der Waals surface area contributed by atoms with Crippen molar-refractivity contribution in [3.8, 4) is 11.5 Å². The Morgan fingerprint density at radius 3 is 2.33 bits per heavy atom. The van der Waals surface area contributed by atoms with Gasteiger partial charge in [-0.15, -0.1) is 0 Å². The van der Waals surface area contributed by atoms with Crippen LogP contribution in [0.15, 0.2) is 60.8 Å². The summed E-state index contributed by atoms with van der Waals surface area (Å²) < 4.78 is 51.1. The van der Waals surface area contributed by atoms with Crippen LogP contribution < -0.4 is 20.3 Å². The van der Waals surface area contributed by atoms with Gasteiger partial charge in [0.25, 0.3) is 0 Å². The number of amides is 3. The number of halogens is 3. The molecule has 0 atom stereocenters. The van der Waals surface area contributed by atoms with E-state index < -0.39 is 29.8 Å². The maximum Gasteiger partial charge on any atom is 0.418 e. The lowest BCUT2D eigenvalue weighted by Crippen LogP contribution is -2.27. The van der Waals surface area contributed by atoms with Gasteiger partial charge >= 0.3 is 24.3 Å². The van der Waals surface area contributed by atoms with Crippen LogP contribution in [0, 0.1) is 0 Å². The number of hydrogen-bond donors (Lipinski definition) is 3. The Labute approximate surface area is 201 Å². The van der Waals surface area contributed by atoms with Crippen LogP contribution >= 0.6 is 0 Å². The fourth-order valence-electron chi connectivity index (χ4n) is 3.32. The van der Waals surface area contributed by atoms with Crippen LogP contribution in [-0.4, -0.2) is 41.3 Å². The number of aromatic nitrogens is 1. The molecule has 0 saturated carbocycles. The quantitative estimate of drug-likeness (QED) is 0.423. The van der Waals surface area contributed by atoms with Gasteiger partial charge in [0, 0.05) is 23.6 Å². The summed E-state index contributed by atoms with van der Waals surface area (Å²) in [6.45, 7) is -0.0366. The predicted molar refractivity (Wildman–Crippen MR) is 120 cm³/mol. The summed E-state index contributed by atoms with van der Waals surface area (Å²) in [6, 6.07) is 11.0. The molecule has 1 aliphatic rings. The van der Waals surface area contributed by atoms with Gasteiger partial charge in [-0.3, -0.25) is 4.90 Å². The maximum atomic E-state index is 13.6. The lowest BCUT2D eigenvalue weighted by atomic mass is 10.1. The van der Waals surface area contributed by atoms with Crippen molar-refractivity contribution in [1.29, 1.82) is 0 Å². The van der Waals surface area contributed by atoms with Crippen molar-refractivity contribution in [2.24, 2.45) is 0 Å². The van der Waals surface area contributed by atoms with Gasteiger partial charge < -0.3 is 25.2 Å². The van der Waals surface area contributed by atoms with Gasteiger partial charge in [-0.25, -0.2) is 19.4 Å². The molecule has 0 unspecified atom stereocenters. The number of anilines is 3. The standard InChI is InChI=1S/C23H17F3N4O6/c24-23(25,26)17-11-14(3-6-19(17)30-9-10-35-22(30)34)29-21(33)28-13-1-4-15(5-2-13)36-16-7-8-27-18(12-16)20(31)32/h1-8,11-12H,9-10H2,(H,31,32)(H2,28,29,33). The SMILES string of the molecule is O=C(Nc1ccc(Oc2ccnc(C(=O)O)c2)cc1)Nc1ccc(N2CCOC2=O)c(C(F)(F)F)c1. The predicted octanol–water partition coefficient (Wildman–Crippen LogP) is 5.19. The average molecular weight is 502 g/mol. The molecular formula is C23H17F3N4O6. The molecule has 3 N–H and O–H groups in total. The van der Waals surface area contributed by atoms with Crippen molar-refractivity contribution in [2.45, 2.75) is 6.18 Å². The number of urea groups is 1. The number of cyclic esters (lactones) is 1. The Bertz CT molecular complexity index is 1310. The van der Waals surface area contributed by atoms with Gasteiger partial charge in [0.05, 0.1) is 17.8 Å². The first-order chi connectivity index (χ1) is 17.1. The van der Waals surface area contributed by atoms with Crippen LogP contribution in [-0.2, 0) is 10.9 Å². The molecule has 13 heteroatoms. The third kappa shape index (κ3) is 5.63. The third-order valence-electron chi connectivity index (χ3n) is 4.91. The van der Waals surface area contributed by atoms with Gasteiger partial charge in [-0.05, 0) is 48.5 Å². The summed E-state index contributed by atoms with van der Waals surface area (Å²) in [5, 5.41) is 13.8. The van der Waals surface area contributed by atoms with E-state index in [9.17, 15) is 27.6 Å². The van der Waals surface area contributed by atoms with E-state index in [1.807, 2.05) is 0 Å². The zero-order valence-electron chi connectivity index (χ0n) is 18.2. The number of nitrogens with zero attached hydrogens (tertiary/aromatic N) is 2. The van der Waals surface area contributed by atoms with Crippen LogP contribution in [0.5, 0.6) is 11.5 Å². The fourth-order valence-corrected chi connectivity index (χ4v) is 3.32. The zero-order chi connectivity index (χ0) is 25.9. The highest BCUT2D eigenvalue weighted by atomic mass is 19.4. The van der Waals surface area contributed by atoms with E-state index in [1.54, 1.807) is 0 Å². The summed E-state index contributed by atoms with van der Waals surface area (Å²) in [4.78, 5) is 39.6. The number of nitrogens with one attached hydrogen (secondary N) is 2. The van der Waals surface area contributed by atoms with E-state index in [-0.39, 0.29) is 36.0 Å². The molecule has 4 rings (SSSR count). The highest BCUT2D eigenvalue weighted by Crippen LogP contribution is 2.39. The second kappa shape index (κ2) is 9.82. The number of carbonyl (C=O) groups excluding carboxylic acids is 2. The summed E-state index contributed by atoms with van der Waals surface area (Å²) in [5.74, 6) is -0.622. The molecule has 3 aromatic rings. The Kier molecular flexibility index (Phi) is 6.63. The number of benzene rings is 2. The van der Waals surface area contributed by atoms with Crippen molar-refractivity contribution >= 4 is 35.2 Å². The lowest BCUT2D eigenvalue weighted by molar-refractivity contribution is -0.137. The molecule has 2 aromatic carbocycles. The number of rotatable bonds is 6. The van der Waals surface area contributed by atoms with Crippen molar-refractivity contribution < 1.29 is 42.1 Å². The van der Waals surface area contributed by atoms with Crippen molar-refractivity contribution in [3.63, 3.8) is 0 Å². The summed E-state index contributed by atoms with van der Waals surface area (Å²) in [7, 11) is 0. The first-order valence-electron chi connectivity index (χ1n) is 10.3. The number of ether oxygens (including phenoxy) is 2. The third-order valence-corrected chi connectivity index (χ3v) is 4.91. The smallest absolute Gasteiger partial charge is 0.418 e. The van der Waals surface area contributed by atoms with E-state index in [0.29, 0.717) is 11.4 Å². The van der Waals surface area contributed by atoms with E-state index in [1.165, 1.54) is 48.7 Å². The number of carboxylic acid groups (broad SMARTS) is 1. The summed E-state index contributed by atoms with van der Waals surface area (Å²) >= 11 is 0. The van der Waals surface area contributed by atoms with E-state index in [4.69, 9.17) is 14.6 Å². The van der Waals surface area contributed by atoms with Crippen LogP contribution in [0.4, 0.5) is 39.8 Å². The number of aromatic carboxylic acids is 1. The second-order valence-electron chi connectivity index (χ2n) is 7.38. The summed E-state index contributed by atoms with van der Waals surface area (Å²) in [5.41, 5.74) is -1.47. The van der Waals surface area contributed by atoms with Gasteiger partial charge in [-0.2, -0.15) is 13.2 Å². The van der Waals surface area contributed by atoms with Gasteiger partial charge in [0.2, 0.25) is 0 Å². The van der Waals surface area contributed by atoms with Crippen LogP contribution in [0.2, 0.25) is 0 Å². The number of carbonyl (C=O) groups is 3. The minimum absolute atomic E-state index is 0.0171. The fraction of sp³-hybridized carbons (Fsp3) is 0.130. The summed E-state index contributed by atoms with van der Waals surface area (Å²) in [6.07, 6.45) is -4.37. The molecule has 0 radical (unpaired) electrons. The Morgan fingerprint density at radius 1 is 1.00 bits per heavy atom. The number of pyridine rings is 1. The van der Waals surface area contributed by atoms with Crippen LogP contribution in [0.25, 0.3) is 0 Å². The van der Waals surface area contributed by atoms with E-state index in [2.05, 4.69) is 15.6 Å². The first kappa shape index (κ1) is 24.3. The Morgan fingerprint density at radius 2 is 1.69 bits per heavy atom. The molecule has 0 bridgehead atoms. The van der Waals surface area contributed by atoms with E-state index >= 15 is 0 Å². The van der Waals surface area contributed by atoms with Crippen LogP contribution in [0.1, 0.15) is 16.1 Å². The molecule has 1 aliphatic heterocycles. The van der Waals surface area contributed by atoms with Crippen molar-refractivity contribution in [3.05, 3.63) is 72.1 Å². The van der Waals surface area contributed by atoms with Gasteiger partial charge in [0.15, 0.2) is 5.69 Å². The maximum absolute atomic E-state index is 13.6. The highest BCUT2D eigenvalue weighted by Gasteiger charge is 2.38. The molecule has 1 saturated heterocycles. The Hall–Kier alpha value is -4.81. The topological polar surface area (TPSA) is 130 Å². The molecule has 10 nitrogen and oxygen atoms in total. The van der Waals surface area contributed by atoms with Crippen molar-refractivity contribution in [2.75, 3.05) is 28.7 Å².